The van der Waals surface area contributed by atoms with Crippen molar-refractivity contribution in [2.45, 2.75) is 47.1 Å². The molecule has 2 heteroatoms. The Bertz CT molecular complexity index is 123. The van der Waals surface area contributed by atoms with Gasteiger partial charge in [-0.3, -0.25) is 0 Å². The zero-order chi connectivity index (χ0) is 11.0. The van der Waals surface area contributed by atoms with E-state index in [-0.39, 0.29) is 0 Å². The molecule has 0 spiro atoms. The minimum Gasteiger partial charge on any atom is -0.314 e. The molecule has 0 saturated heterocycles. The second kappa shape index (κ2) is 8.60. The molecule has 0 heterocycles. The average molecular weight is 217 g/mol. The molecule has 0 rings (SSSR count). The average Bonchev–Trinajstić information content (AvgIpc) is 2.08. The van der Waals surface area contributed by atoms with Gasteiger partial charge in [0.15, 0.2) is 0 Å². The molecule has 0 aromatic carbocycles. The Labute approximate surface area is 94.4 Å². The quantitative estimate of drug-likeness (QED) is 0.625. The lowest BCUT2D eigenvalue weighted by Crippen LogP contribution is -2.28. The Morgan fingerprint density at radius 2 is 1.71 bits per heavy atom. The van der Waals surface area contributed by atoms with E-state index in [4.69, 9.17) is 0 Å². The van der Waals surface area contributed by atoms with E-state index in [9.17, 15) is 0 Å². The van der Waals surface area contributed by atoms with Crippen LogP contribution in [0.25, 0.3) is 0 Å². The van der Waals surface area contributed by atoms with E-state index in [1.807, 2.05) is 0 Å². The van der Waals surface area contributed by atoms with Crippen LogP contribution in [-0.4, -0.2) is 24.1 Å². The molecule has 86 valence electrons. The first-order chi connectivity index (χ1) is 6.52. The van der Waals surface area contributed by atoms with E-state index in [0.29, 0.717) is 6.04 Å². The predicted molar refractivity (Wildman–Crippen MR) is 69.1 cm³/mol. The van der Waals surface area contributed by atoms with Crippen molar-refractivity contribution in [3.8, 4) is 0 Å². The van der Waals surface area contributed by atoms with E-state index in [0.717, 1.165) is 18.4 Å². The zero-order valence-electron chi connectivity index (χ0n) is 10.5. The van der Waals surface area contributed by atoms with Gasteiger partial charge in [0.1, 0.15) is 0 Å². The molecule has 14 heavy (non-hydrogen) atoms. The fourth-order valence-corrected chi connectivity index (χ4v) is 2.42. The van der Waals surface area contributed by atoms with Crippen LogP contribution in [0.15, 0.2) is 0 Å². The number of rotatable bonds is 8. The van der Waals surface area contributed by atoms with E-state index >= 15 is 0 Å². The highest BCUT2D eigenvalue weighted by Gasteiger charge is 2.03. The van der Waals surface area contributed by atoms with Gasteiger partial charge in [0.2, 0.25) is 0 Å². The molecule has 1 N–H and O–H groups in total. The third-order valence-corrected chi connectivity index (χ3v) is 3.45. The molecule has 0 amide bonds. The molecule has 0 saturated carbocycles. The van der Waals surface area contributed by atoms with Gasteiger partial charge in [0.25, 0.3) is 0 Å². The summed E-state index contributed by atoms with van der Waals surface area (Å²) in [6.07, 6.45) is 1.36. The molecule has 0 fully saturated rings. The van der Waals surface area contributed by atoms with Crippen molar-refractivity contribution in [3.63, 3.8) is 0 Å². The summed E-state index contributed by atoms with van der Waals surface area (Å²) >= 11 is 2.10. The highest BCUT2D eigenvalue weighted by molar-refractivity contribution is 7.99. The van der Waals surface area contributed by atoms with Crippen molar-refractivity contribution in [2.75, 3.05) is 18.1 Å². The van der Waals surface area contributed by atoms with Crippen LogP contribution < -0.4 is 5.32 Å². The summed E-state index contributed by atoms with van der Waals surface area (Å²) in [7, 11) is 0. The maximum Gasteiger partial charge on any atom is 0.00104 e. The van der Waals surface area contributed by atoms with Crippen molar-refractivity contribution in [1.29, 1.82) is 0 Å². The van der Waals surface area contributed by atoms with Gasteiger partial charge in [-0.1, -0.05) is 34.6 Å². The van der Waals surface area contributed by atoms with Crippen LogP contribution in [0.5, 0.6) is 0 Å². The van der Waals surface area contributed by atoms with Crippen molar-refractivity contribution in [1.82, 2.24) is 5.32 Å². The predicted octanol–water partition coefficient (Wildman–Crippen LogP) is 3.40. The second-order valence-corrected chi connectivity index (χ2v) is 6.08. The summed E-state index contributed by atoms with van der Waals surface area (Å²) < 4.78 is 0. The topological polar surface area (TPSA) is 12.0 Å². The third kappa shape index (κ3) is 10.4. The molecule has 0 aromatic rings. The standard InChI is InChI=1S/C12H27NS/c1-10(2)6-7-14-9-12(5)8-13-11(3)4/h10-13H,6-9H2,1-5H3. The van der Waals surface area contributed by atoms with Crippen LogP contribution in [-0.2, 0) is 0 Å². The van der Waals surface area contributed by atoms with E-state index in [2.05, 4.69) is 51.7 Å². The minimum absolute atomic E-state index is 0.623. The van der Waals surface area contributed by atoms with Crippen molar-refractivity contribution >= 4 is 11.8 Å². The molecule has 0 radical (unpaired) electrons. The molecule has 0 bridgehead atoms. The second-order valence-electron chi connectivity index (χ2n) is 4.93. The normalized spacial score (nSPS) is 13.9. The van der Waals surface area contributed by atoms with Gasteiger partial charge in [-0.2, -0.15) is 11.8 Å². The molecule has 1 nitrogen and oxygen atoms in total. The molecule has 0 aromatic heterocycles. The van der Waals surface area contributed by atoms with Crippen LogP contribution in [0.4, 0.5) is 0 Å². The van der Waals surface area contributed by atoms with Gasteiger partial charge in [0.05, 0.1) is 0 Å². The van der Waals surface area contributed by atoms with Crippen molar-refractivity contribution in [2.24, 2.45) is 11.8 Å². The summed E-state index contributed by atoms with van der Waals surface area (Å²) in [4.78, 5) is 0. The van der Waals surface area contributed by atoms with Crippen LogP contribution in [0.2, 0.25) is 0 Å². The SMILES string of the molecule is CC(C)CCSCC(C)CNC(C)C. The van der Waals surface area contributed by atoms with Crippen molar-refractivity contribution in [3.05, 3.63) is 0 Å². The molecule has 0 aliphatic heterocycles. The van der Waals surface area contributed by atoms with E-state index < -0.39 is 0 Å². The molecule has 1 atom stereocenters. The Kier molecular flexibility index (Phi) is 8.80. The summed E-state index contributed by atoms with van der Waals surface area (Å²) in [6, 6.07) is 0.623. The van der Waals surface area contributed by atoms with E-state index in [1.54, 1.807) is 0 Å². The lowest BCUT2D eigenvalue weighted by Gasteiger charge is -2.14. The molecule has 0 aliphatic carbocycles. The number of hydrogen-bond donors (Lipinski definition) is 1. The lowest BCUT2D eigenvalue weighted by atomic mass is 10.2. The summed E-state index contributed by atoms with van der Waals surface area (Å²) in [5, 5.41) is 3.48. The summed E-state index contributed by atoms with van der Waals surface area (Å²) in [5.41, 5.74) is 0. The smallest absolute Gasteiger partial charge is 0.00104 e. The fourth-order valence-electron chi connectivity index (χ4n) is 1.10. The monoisotopic (exact) mass is 217 g/mol. The first-order valence-electron chi connectivity index (χ1n) is 5.83. The lowest BCUT2D eigenvalue weighted by molar-refractivity contribution is 0.510. The molecule has 0 aliphatic rings. The first kappa shape index (κ1) is 14.3. The van der Waals surface area contributed by atoms with Crippen LogP contribution in [0, 0.1) is 11.8 Å². The maximum absolute atomic E-state index is 3.48. The Hall–Kier alpha value is 0.310. The molecular weight excluding hydrogens is 190 g/mol. The first-order valence-corrected chi connectivity index (χ1v) is 6.99. The highest BCUT2D eigenvalue weighted by Crippen LogP contribution is 2.12. The summed E-state index contributed by atoms with van der Waals surface area (Å²) in [5.74, 6) is 4.28. The zero-order valence-corrected chi connectivity index (χ0v) is 11.3. The third-order valence-electron chi connectivity index (χ3n) is 2.12. The Morgan fingerprint density at radius 3 is 2.21 bits per heavy atom. The number of hydrogen-bond acceptors (Lipinski definition) is 2. The van der Waals surface area contributed by atoms with Gasteiger partial charge in [-0.05, 0) is 36.3 Å². The van der Waals surface area contributed by atoms with Gasteiger partial charge >= 0.3 is 0 Å². The summed E-state index contributed by atoms with van der Waals surface area (Å²) in [6.45, 7) is 12.5. The highest BCUT2D eigenvalue weighted by atomic mass is 32.2. The van der Waals surface area contributed by atoms with Crippen LogP contribution in [0.1, 0.15) is 41.0 Å². The van der Waals surface area contributed by atoms with Crippen LogP contribution >= 0.6 is 11.8 Å². The molecular formula is C12H27NS. The van der Waals surface area contributed by atoms with Gasteiger partial charge in [-0.15, -0.1) is 0 Å². The van der Waals surface area contributed by atoms with Gasteiger partial charge in [-0.25, -0.2) is 0 Å². The van der Waals surface area contributed by atoms with E-state index in [1.165, 1.54) is 17.9 Å². The van der Waals surface area contributed by atoms with Crippen LogP contribution in [0.3, 0.4) is 0 Å². The maximum atomic E-state index is 3.48. The van der Waals surface area contributed by atoms with Gasteiger partial charge in [0, 0.05) is 6.04 Å². The van der Waals surface area contributed by atoms with Gasteiger partial charge < -0.3 is 5.32 Å². The van der Waals surface area contributed by atoms with Crippen molar-refractivity contribution < 1.29 is 0 Å². The Balaban J connectivity index is 3.22. The number of nitrogens with one attached hydrogen (secondary N) is 1. The Morgan fingerprint density at radius 1 is 1.07 bits per heavy atom. The number of thioether (sulfide) groups is 1. The minimum atomic E-state index is 0.623. The molecule has 1 unspecified atom stereocenters. The largest absolute Gasteiger partial charge is 0.314 e. The fraction of sp³-hybridized carbons (Fsp3) is 1.00.